The molecule has 2 unspecified atom stereocenters. The molecular formula is C13H20ClNS. The van der Waals surface area contributed by atoms with Gasteiger partial charge >= 0.3 is 0 Å². The van der Waals surface area contributed by atoms with E-state index in [2.05, 4.69) is 25.2 Å². The van der Waals surface area contributed by atoms with E-state index in [1.54, 1.807) is 11.3 Å². The van der Waals surface area contributed by atoms with Crippen molar-refractivity contribution in [2.24, 2.45) is 5.41 Å². The molecule has 1 N–H and O–H groups in total. The average molecular weight is 258 g/mol. The summed E-state index contributed by atoms with van der Waals surface area (Å²) < 4.78 is 0.917. The summed E-state index contributed by atoms with van der Waals surface area (Å²) in [6.07, 6.45) is 5.15. The molecule has 1 nitrogen and oxygen atoms in total. The van der Waals surface area contributed by atoms with E-state index >= 15 is 0 Å². The molecule has 2 rings (SSSR count). The second-order valence-corrected chi connectivity index (χ2v) is 6.99. The fraction of sp³-hybridized carbons (Fsp3) is 0.692. The first-order valence-corrected chi connectivity index (χ1v) is 7.28. The summed E-state index contributed by atoms with van der Waals surface area (Å²) in [5.74, 6) is 0. The largest absolute Gasteiger partial charge is 0.314 e. The number of nitrogens with one attached hydrogen (secondary N) is 1. The first-order chi connectivity index (χ1) is 7.61. The molecular weight excluding hydrogens is 238 g/mol. The van der Waals surface area contributed by atoms with Gasteiger partial charge in [-0.05, 0) is 49.8 Å². The van der Waals surface area contributed by atoms with E-state index in [0.717, 1.165) is 16.9 Å². The summed E-state index contributed by atoms with van der Waals surface area (Å²) in [6, 6.07) is 4.92. The van der Waals surface area contributed by atoms with Gasteiger partial charge in [-0.25, -0.2) is 0 Å². The zero-order valence-corrected chi connectivity index (χ0v) is 11.6. The van der Waals surface area contributed by atoms with Gasteiger partial charge in [0.25, 0.3) is 0 Å². The number of halogens is 1. The molecule has 3 heteroatoms. The number of rotatable bonds is 4. The molecule has 1 fully saturated rings. The van der Waals surface area contributed by atoms with Crippen LogP contribution in [0.1, 0.15) is 38.0 Å². The smallest absolute Gasteiger partial charge is 0.0931 e. The fourth-order valence-corrected chi connectivity index (χ4v) is 4.12. The van der Waals surface area contributed by atoms with Gasteiger partial charge in [0.05, 0.1) is 4.34 Å². The van der Waals surface area contributed by atoms with E-state index in [0.29, 0.717) is 5.41 Å². The summed E-state index contributed by atoms with van der Waals surface area (Å²) >= 11 is 7.71. The molecule has 0 saturated heterocycles. The van der Waals surface area contributed by atoms with Gasteiger partial charge in [0, 0.05) is 10.9 Å². The predicted octanol–water partition coefficient (Wildman–Crippen LogP) is 4.11. The van der Waals surface area contributed by atoms with Gasteiger partial charge in [-0.2, -0.15) is 0 Å². The molecule has 1 aromatic rings. The zero-order valence-electron chi connectivity index (χ0n) is 10.1. The van der Waals surface area contributed by atoms with Gasteiger partial charge in [0.1, 0.15) is 0 Å². The highest BCUT2D eigenvalue weighted by atomic mass is 35.5. The van der Waals surface area contributed by atoms with Crippen LogP contribution >= 0.6 is 22.9 Å². The molecule has 1 aliphatic rings. The summed E-state index contributed by atoms with van der Waals surface area (Å²) in [7, 11) is 0. The standard InChI is InChI=1S/C13H20ClNS/c1-3-15-10-6-7-13(2,8-10)9-11-4-5-12(14)16-11/h4-5,10,15H,3,6-9H2,1-2H3. The molecule has 90 valence electrons. The second kappa shape index (κ2) is 5.07. The van der Waals surface area contributed by atoms with E-state index in [9.17, 15) is 0 Å². The van der Waals surface area contributed by atoms with Gasteiger partial charge in [0.2, 0.25) is 0 Å². The Balaban J connectivity index is 1.94. The van der Waals surface area contributed by atoms with Crippen molar-refractivity contribution < 1.29 is 0 Å². The Morgan fingerprint density at radius 3 is 3.00 bits per heavy atom. The van der Waals surface area contributed by atoms with E-state index in [-0.39, 0.29) is 0 Å². The molecule has 1 aliphatic carbocycles. The normalized spacial score (nSPS) is 29.8. The first kappa shape index (κ1) is 12.4. The molecule has 1 heterocycles. The van der Waals surface area contributed by atoms with E-state index < -0.39 is 0 Å². The maximum Gasteiger partial charge on any atom is 0.0931 e. The molecule has 0 bridgehead atoms. The van der Waals surface area contributed by atoms with Gasteiger partial charge in [-0.1, -0.05) is 25.4 Å². The van der Waals surface area contributed by atoms with Crippen LogP contribution in [0.5, 0.6) is 0 Å². The maximum absolute atomic E-state index is 5.98. The molecule has 0 aliphatic heterocycles. The molecule has 1 aromatic heterocycles. The lowest BCUT2D eigenvalue weighted by Gasteiger charge is -2.23. The molecule has 0 spiro atoms. The number of hydrogen-bond acceptors (Lipinski definition) is 2. The van der Waals surface area contributed by atoms with E-state index in [4.69, 9.17) is 11.6 Å². The SMILES string of the molecule is CCNC1CCC(C)(Cc2ccc(Cl)s2)C1. The highest BCUT2D eigenvalue weighted by Crippen LogP contribution is 2.42. The van der Waals surface area contributed by atoms with E-state index in [1.807, 2.05) is 6.07 Å². The van der Waals surface area contributed by atoms with E-state index in [1.165, 1.54) is 30.6 Å². The minimum Gasteiger partial charge on any atom is -0.314 e. The maximum atomic E-state index is 5.98. The molecule has 16 heavy (non-hydrogen) atoms. The fourth-order valence-electron chi connectivity index (χ4n) is 2.81. The van der Waals surface area contributed by atoms with Crippen LogP contribution in [0.25, 0.3) is 0 Å². The van der Waals surface area contributed by atoms with Crippen LogP contribution in [-0.4, -0.2) is 12.6 Å². The third-order valence-electron chi connectivity index (χ3n) is 3.56. The third kappa shape index (κ3) is 2.99. The summed E-state index contributed by atoms with van der Waals surface area (Å²) in [4.78, 5) is 1.43. The third-order valence-corrected chi connectivity index (χ3v) is 4.79. The quantitative estimate of drug-likeness (QED) is 0.856. The van der Waals surface area contributed by atoms with Crippen LogP contribution in [0, 0.1) is 5.41 Å². The Bertz CT molecular complexity index is 349. The lowest BCUT2D eigenvalue weighted by molar-refractivity contribution is 0.325. The van der Waals surface area contributed by atoms with Crippen LogP contribution in [-0.2, 0) is 6.42 Å². The van der Waals surface area contributed by atoms with Crippen LogP contribution in [0.3, 0.4) is 0 Å². The van der Waals surface area contributed by atoms with Crippen LogP contribution in [0.15, 0.2) is 12.1 Å². The highest BCUT2D eigenvalue weighted by Gasteiger charge is 2.34. The van der Waals surface area contributed by atoms with Crippen molar-refractivity contribution in [2.75, 3.05) is 6.54 Å². The lowest BCUT2D eigenvalue weighted by Crippen LogP contribution is -2.27. The molecule has 1 saturated carbocycles. The summed E-state index contributed by atoms with van der Waals surface area (Å²) in [5, 5.41) is 3.57. The Hall–Kier alpha value is -0.0500. The zero-order chi connectivity index (χ0) is 11.6. The Labute approximate surface area is 107 Å². The first-order valence-electron chi connectivity index (χ1n) is 6.09. The monoisotopic (exact) mass is 257 g/mol. The predicted molar refractivity (Wildman–Crippen MR) is 72.5 cm³/mol. The number of hydrogen-bond donors (Lipinski definition) is 1. The Morgan fingerprint density at radius 1 is 1.56 bits per heavy atom. The van der Waals surface area contributed by atoms with Crippen molar-refractivity contribution in [2.45, 2.75) is 45.6 Å². The Morgan fingerprint density at radius 2 is 2.38 bits per heavy atom. The average Bonchev–Trinajstić information content (AvgIpc) is 2.75. The van der Waals surface area contributed by atoms with Gasteiger partial charge in [-0.3, -0.25) is 0 Å². The van der Waals surface area contributed by atoms with Crippen molar-refractivity contribution in [3.05, 3.63) is 21.3 Å². The van der Waals surface area contributed by atoms with Crippen LogP contribution < -0.4 is 5.32 Å². The van der Waals surface area contributed by atoms with Crippen molar-refractivity contribution >= 4 is 22.9 Å². The number of thiophene rings is 1. The summed E-state index contributed by atoms with van der Waals surface area (Å²) in [6.45, 7) is 5.69. The van der Waals surface area contributed by atoms with Gasteiger partial charge in [0.15, 0.2) is 0 Å². The minimum atomic E-state index is 0.473. The van der Waals surface area contributed by atoms with Crippen molar-refractivity contribution in [1.82, 2.24) is 5.32 Å². The highest BCUT2D eigenvalue weighted by molar-refractivity contribution is 7.16. The van der Waals surface area contributed by atoms with Gasteiger partial charge < -0.3 is 5.32 Å². The van der Waals surface area contributed by atoms with Crippen LogP contribution in [0.4, 0.5) is 0 Å². The molecule has 2 atom stereocenters. The Kier molecular flexibility index (Phi) is 3.93. The second-order valence-electron chi connectivity index (χ2n) is 5.19. The molecule has 0 radical (unpaired) electrons. The summed E-state index contributed by atoms with van der Waals surface area (Å²) in [5.41, 5.74) is 0.473. The topological polar surface area (TPSA) is 12.0 Å². The van der Waals surface area contributed by atoms with Crippen molar-refractivity contribution in [3.63, 3.8) is 0 Å². The molecule has 0 aromatic carbocycles. The minimum absolute atomic E-state index is 0.473. The molecule has 0 amide bonds. The van der Waals surface area contributed by atoms with Gasteiger partial charge in [-0.15, -0.1) is 11.3 Å². The van der Waals surface area contributed by atoms with Crippen molar-refractivity contribution in [1.29, 1.82) is 0 Å². The van der Waals surface area contributed by atoms with Crippen molar-refractivity contribution in [3.8, 4) is 0 Å². The van der Waals surface area contributed by atoms with Crippen LogP contribution in [0.2, 0.25) is 4.34 Å². The lowest BCUT2D eigenvalue weighted by atomic mass is 9.84.